The van der Waals surface area contributed by atoms with Crippen molar-refractivity contribution in [3.05, 3.63) is 16.1 Å². The van der Waals surface area contributed by atoms with Crippen molar-refractivity contribution in [2.75, 3.05) is 6.61 Å². The standard InChI is InChI=1S/C11H20N2OS/c1-4-11(5-2,14-6-3)10-13-9(7-12)8-15-10/h8H,4-7,12H2,1-3H3. The van der Waals surface area contributed by atoms with Crippen LogP contribution in [0.2, 0.25) is 0 Å². The molecule has 0 aliphatic carbocycles. The van der Waals surface area contributed by atoms with Gasteiger partial charge in [-0.1, -0.05) is 13.8 Å². The molecule has 1 rings (SSSR count). The van der Waals surface area contributed by atoms with Gasteiger partial charge in [-0.3, -0.25) is 0 Å². The smallest absolute Gasteiger partial charge is 0.125 e. The van der Waals surface area contributed by atoms with Crippen LogP contribution < -0.4 is 5.73 Å². The van der Waals surface area contributed by atoms with Crippen molar-refractivity contribution in [3.63, 3.8) is 0 Å². The summed E-state index contributed by atoms with van der Waals surface area (Å²) in [6.07, 6.45) is 1.91. The molecule has 0 bridgehead atoms. The molecule has 0 aliphatic heterocycles. The number of hydrogen-bond acceptors (Lipinski definition) is 4. The van der Waals surface area contributed by atoms with Crippen molar-refractivity contribution in [3.8, 4) is 0 Å². The SMILES string of the molecule is CCOC(CC)(CC)c1nc(CN)cs1. The van der Waals surface area contributed by atoms with Crippen LogP contribution in [-0.4, -0.2) is 11.6 Å². The lowest BCUT2D eigenvalue weighted by molar-refractivity contribution is -0.0507. The summed E-state index contributed by atoms with van der Waals surface area (Å²) >= 11 is 1.65. The number of thiazole rings is 1. The highest BCUT2D eigenvalue weighted by Crippen LogP contribution is 2.34. The van der Waals surface area contributed by atoms with Crippen LogP contribution in [0.3, 0.4) is 0 Å². The summed E-state index contributed by atoms with van der Waals surface area (Å²) in [6.45, 7) is 7.54. The molecule has 15 heavy (non-hydrogen) atoms. The predicted molar refractivity (Wildman–Crippen MR) is 63.9 cm³/mol. The first kappa shape index (κ1) is 12.6. The summed E-state index contributed by atoms with van der Waals surface area (Å²) in [5.41, 5.74) is 6.32. The zero-order chi connectivity index (χ0) is 11.3. The van der Waals surface area contributed by atoms with E-state index in [4.69, 9.17) is 10.5 Å². The second kappa shape index (κ2) is 5.58. The number of rotatable bonds is 6. The Morgan fingerprint density at radius 1 is 1.40 bits per heavy atom. The maximum absolute atomic E-state index is 5.88. The molecule has 0 fully saturated rings. The summed E-state index contributed by atoms with van der Waals surface area (Å²) < 4.78 is 5.88. The normalized spacial score (nSPS) is 12.0. The molecule has 86 valence electrons. The molecule has 1 aromatic rings. The molecule has 2 N–H and O–H groups in total. The van der Waals surface area contributed by atoms with E-state index in [9.17, 15) is 0 Å². The van der Waals surface area contributed by atoms with Crippen LogP contribution >= 0.6 is 11.3 Å². The fraction of sp³-hybridized carbons (Fsp3) is 0.727. The van der Waals surface area contributed by atoms with Crippen molar-refractivity contribution in [1.82, 2.24) is 4.98 Å². The molecule has 0 saturated heterocycles. The van der Waals surface area contributed by atoms with Gasteiger partial charge in [-0.05, 0) is 19.8 Å². The second-order valence-electron chi connectivity index (χ2n) is 3.48. The minimum atomic E-state index is -0.202. The van der Waals surface area contributed by atoms with Gasteiger partial charge in [-0.15, -0.1) is 11.3 Å². The molecule has 0 radical (unpaired) electrons. The van der Waals surface area contributed by atoms with Crippen molar-refractivity contribution in [2.24, 2.45) is 5.73 Å². The van der Waals surface area contributed by atoms with Crippen LogP contribution in [0, 0.1) is 0 Å². The molecular weight excluding hydrogens is 208 g/mol. The van der Waals surface area contributed by atoms with Gasteiger partial charge >= 0.3 is 0 Å². The van der Waals surface area contributed by atoms with Crippen LogP contribution in [0.5, 0.6) is 0 Å². The zero-order valence-corrected chi connectivity index (χ0v) is 10.6. The van der Waals surface area contributed by atoms with Gasteiger partial charge in [-0.25, -0.2) is 4.98 Å². The van der Waals surface area contributed by atoms with Crippen LogP contribution in [0.15, 0.2) is 5.38 Å². The van der Waals surface area contributed by atoms with Gasteiger partial charge in [0.05, 0.1) is 5.69 Å². The maximum Gasteiger partial charge on any atom is 0.125 e. The molecule has 1 heterocycles. The highest BCUT2D eigenvalue weighted by Gasteiger charge is 2.32. The summed E-state index contributed by atoms with van der Waals surface area (Å²) in [7, 11) is 0. The minimum absolute atomic E-state index is 0.202. The van der Waals surface area contributed by atoms with Gasteiger partial charge < -0.3 is 10.5 Å². The number of nitrogens with zero attached hydrogens (tertiary/aromatic N) is 1. The van der Waals surface area contributed by atoms with Crippen molar-refractivity contribution >= 4 is 11.3 Å². The van der Waals surface area contributed by atoms with Crippen LogP contribution in [-0.2, 0) is 16.9 Å². The molecule has 3 nitrogen and oxygen atoms in total. The van der Waals surface area contributed by atoms with Gasteiger partial charge in [0.15, 0.2) is 0 Å². The molecule has 0 spiro atoms. The third-order valence-corrected chi connectivity index (χ3v) is 3.79. The first-order valence-corrected chi connectivity index (χ1v) is 6.39. The lowest BCUT2D eigenvalue weighted by Gasteiger charge is -2.29. The fourth-order valence-corrected chi connectivity index (χ4v) is 2.83. The van der Waals surface area contributed by atoms with Crippen LogP contribution in [0.1, 0.15) is 44.3 Å². The number of ether oxygens (including phenoxy) is 1. The molecule has 0 aromatic carbocycles. The summed E-state index contributed by atoms with van der Waals surface area (Å²) in [5, 5.41) is 3.09. The minimum Gasteiger partial charge on any atom is -0.368 e. The number of nitrogens with two attached hydrogens (primary N) is 1. The number of aromatic nitrogens is 1. The molecule has 0 saturated carbocycles. The average Bonchev–Trinajstić information content (AvgIpc) is 2.75. The highest BCUT2D eigenvalue weighted by molar-refractivity contribution is 7.09. The van der Waals surface area contributed by atoms with E-state index in [-0.39, 0.29) is 5.60 Å². The summed E-state index contributed by atoms with van der Waals surface area (Å²) in [5.74, 6) is 0. The molecule has 0 amide bonds. The Balaban J connectivity index is 2.96. The Morgan fingerprint density at radius 2 is 2.07 bits per heavy atom. The summed E-state index contributed by atoms with van der Waals surface area (Å²) in [6, 6.07) is 0. The van der Waals surface area contributed by atoms with Crippen LogP contribution in [0.25, 0.3) is 0 Å². The predicted octanol–water partition coefficient (Wildman–Crippen LogP) is 2.65. The van der Waals surface area contributed by atoms with Crippen molar-refractivity contribution in [1.29, 1.82) is 0 Å². The molecule has 0 atom stereocenters. The van der Waals surface area contributed by atoms with Crippen LogP contribution in [0.4, 0.5) is 0 Å². The first-order chi connectivity index (χ1) is 7.22. The van der Waals surface area contributed by atoms with E-state index in [2.05, 4.69) is 18.8 Å². The monoisotopic (exact) mass is 228 g/mol. The van der Waals surface area contributed by atoms with E-state index in [0.717, 1.165) is 30.2 Å². The third-order valence-electron chi connectivity index (χ3n) is 2.71. The van der Waals surface area contributed by atoms with E-state index < -0.39 is 0 Å². The first-order valence-electron chi connectivity index (χ1n) is 5.51. The van der Waals surface area contributed by atoms with Gasteiger partial charge in [0.25, 0.3) is 0 Å². The fourth-order valence-electron chi connectivity index (χ4n) is 1.70. The van der Waals surface area contributed by atoms with E-state index >= 15 is 0 Å². The van der Waals surface area contributed by atoms with E-state index in [0.29, 0.717) is 6.54 Å². The molecule has 0 unspecified atom stereocenters. The van der Waals surface area contributed by atoms with Gasteiger partial charge in [0.1, 0.15) is 10.6 Å². The van der Waals surface area contributed by atoms with Gasteiger partial charge in [0, 0.05) is 18.5 Å². The Morgan fingerprint density at radius 3 is 2.47 bits per heavy atom. The molecule has 1 aromatic heterocycles. The van der Waals surface area contributed by atoms with Gasteiger partial charge in [0.2, 0.25) is 0 Å². The van der Waals surface area contributed by atoms with E-state index in [1.165, 1.54) is 0 Å². The zero-order valence-electron chi connectivity index (χ0n) is 9.75. The number of hydrogen-bond donors (Lipinski definition) is 1. The van der Waals surface area contributed by atoms with Crippen molar-refractivity contribution in [2.45, 2.75) is 45.8 Å². The maximum atomic E-state index is 5.88. The highest BCUT2D eigenvalue weighted by atomic mass is 32.1. The van der Waals surface area contributed by atoms with Gasteiger partial charge in [-0.2, -0.15) is 0 Å². The third kappa shape index (κ3) is 2.56. The summed E-state index contributed by atoms with van der Waals surface area (Å²) in [4.78, 5) is 4.53. The molecule has 4 heteroatoms. The molecular formula is C11H20N2OS. The van der Waals surface area contributed by atoms with Crippen molar-refractivity contribution < 1.29 is 4.74 Å². The largest absolute Gasteiger partial charge is 0.368 e. The van der Waals surface area contributed by atoms with E-state index in [1.54, 1.807) is 11.3 Å². The topological polar surface area (TPSA) is 48.1 Å². The Bertz CT molecular complexity index is 295. The average molecular weight is 228 g/mol. The quantitative estimate of drug-likeness (QED) is 0.814. The Kier molecular flexibility index (Phi) is 4.70. The van der Waals surface area contributed by atoms with E-state index in [1.807, 2.05) is 12.3 Å². The second-order valence-corrected chi connectivity index (χ2v) is 4.34. The lowest BCUT2D eigenvalue weighted by atomic mass is 9.98. The molecule has 0 aliphatic rings. The Labute approximate surface area is 95.7 Å². The lowest BCUT2D eigenvalue weighted by Crippen LogP contribution is -2.28. The Hall–Kier alpha value is -0.450.